The largest absolute Gasteiger partial charge is 0.331 e. The molecular formula is C58H42N2. The standard InChI is InChI=1S/C58H42N2/c1-4-19-41(20-5-1)42-37-39-44(40-38-42)47-27-10-13-33-53(47)60(56-36-18-32-52-50-29-12-14-34-54(50)59(58(52)56)46-25-8-3-9-26-46)55-35-15-11-28-49(55)51-31-17-24-45-23-16-30-48(57(45)51)43-21-6-2-7-22-43/h1-34,36-40,55H,35H2. The first-order chi connectivity index (χ1) is 29.8. The van der Waals surface area contributed by atoms with Crippen LogP contribution in [-0.2, 0) is 0 Å². The summed E-state index contributed by atoms with van der Waals surface area (Å²) in [6, 6.07) is 79.6. The molecule has 284 valence electrons. The van der Waals surface area contributed by atoms with E-state index in [0.717, 1.165) is 23.5 Å². The van der Waals surface area contributed by atoms with E-state index in [-0.39, 0.29) is 6.04 Å². The second-order valence-electron chi connectivity index (χ2n) is 15.6. The van der Waals surface area contributed by atoms with Crippen LogP contribution in [0.4, 0.5) is 11.4 Å². The summed E-state index contributed by atoms with van der Waals surface area (Å²) in [7, 11) is 0. The molecule has 0 saturated heterocycles. The molecule has 1 heterocycles. The molecule has 0 amide bonds. The van der Waals surface area contributed by atoms with Gasteiger partial charge in [-0.15, -0.1) is 0 Å². The van der Waals surface area contributed by atoms with E-state index < -0.39 is 0 Å². The van der Waals surface area contributed by atoms with Gasteiger partial charge in [-0.25, -0.2) is 0 Å². The van der Waals surface area contributed by atoms with Crippen LogP contribution in [0.5, 0.6) is 0 Å². The fourth-order valence-corrected chi connectivity index (χ4v) is 9.48. The number of hydrogen-bond acceptors (Lipinski definition) is 1. The second kappa shape index (κ2) is 15.2. The molecule has 0 bridgehead atoms. The Bertz CT molecular complexity index is 3210. The van der Waals surface area contributed by atoms with Crippen LogP contribution >= 0.6 is 0 Å². The lowest BCUT2D eigenvalue weighted by Gasteiger charge is -2.38. The Kier molecular flexibility index (Phi) is 9.02. The van der Waals surface area contributed by atoms with E-state index >= 15 is 0 Å². The van der Waals surface area contributed by atoms with Crippen LogP contribution in [0, 0.1) is 0 Å². The van der Waals surface area contributed by atoms with Crippen molar-refractivity contribution in [3.63, 3.8) is 0 Å². The first kappa shape index (κ1) is 35.5. The summed E-state index contributed by atoms with van der Waals surface area (Å²) in [4.78, 5) is 2.65. The number of hydrogen-bond donors (Lipinski definition) is 0. The average Bonchev–Trinajstić information content (AvgIpc) is 3.68. The zero-order valence-corrected chi connectivity index (χ0v) is 33.2. The number of aromatic nitrogens is 1. The van der Waals surface area contributed by atoms with Gasteiger partial charge in [0.2, 0.25) is 0 Å². The van der Waals surface area contributed by atoms with E-state index in [4.69, 9.17) is 0 Å². The highest BCUT2D eigenvalue weighted by Crippen LogP contribution is 2.48. The molecule has 1 aromatic heterocycles. The zero-order valence-electron chi connectivity index (χ0n) is 33.2. The molecule has 0 spiro atoms. The molecule has 0 fully saturated rings. The number of anilines is 2. The molecule has 2 nitrogen and oxygen atoms in total. The molecule has 0 N–H and O–H groups in total. The Morgan fingerprint density at radius 3 is 1.75 bits per heavy atom. The van der Waals surface area contributed by atoms with Crippen LogP contribution in [-0.4, -0.2) is 10.6 Å². The third-order valence-electron chi connectivity index (χ3n) is 12.2. The van der Waals surface area contributed by atoms with Crippen molar-refractivity contribution in [1.82, 2.24) is 4.57 Å². The predicted octanol–water partition coefficient (Wildman–Crippen LogP) is 15.5. The number of fused-ring (bicyclic) bond motifs is 4. The van der Waals surface area contributed by atoms with Crippen LogP contribution in [0.1, 0.15) is 12.0 Å². The average molecular weight is 767 g/mol. The monoisotopic (exact) mass is 766 g/mol. The summed E-state index contributed by atoms with van der Waals surface area (Å²) in [6.07, 6.45) is 7.79. The highest BCUT2D eigenvalue weighted by Gasteiger charge is 2.31. The number of para-hydroxylation sites is 4. The van der Waals surface area contributed by atoms with E-state index in [1.807, 2.05) is 0 Å². The number of benzene rings is 9. The molecule has 0 aliphatic heterocycles. The molecule has 1 aliphatic rings. The maximum absolute atomic E-state index is 2.65. The highest BCUT2D eigenvalue weighted by molar-refractivity contribution is 6.14. The van der Waals surface area contributed by atoms with Crippen LogP contribution in [0.2, 0.25) is 0 Å². The maximum Gasteiger partial charge on any atom is 0.0779 e. The van der Waals surface area contributed by atoms with Gasteiger partial charge in [0.15, 0.2) is 0 Å². The van der Waals surface area contributed by atoms with Gasteiger partial charge in [0, 0.05) is 27.7 Å². The third-order valence-corrected chi connectivity index (χ3v) is 12.2. The summed E-state index contributed by atoms with van der Waals surface area (Å²) in [5.74, 6) is 0. The maximum atomic E-state index is 2.65. The fraction of sp³-hybridized carbons (Fsp3) is 0.0345. The molecule has 1 aliphatic carbocycles. The van der Waals surface area contributed by atoms with Gasteiger partial charge in [-0.3, -0.25) is 0 Å². The van der Waals surface area contributed by atoms with Crippen molar-refractivity contribution in [2.75, 3.05) is 4.90 Å². The molecule has 10 aromatic rings. The molecule has 9 aromatic carbocycles. The van der Waals surface area contributed by atoms with Gasteiger partial charge in [-0.05, 0) is 86.5 Å². The molecule has 60 heavy (non-hydrogen) atoms. The first-order valence-corrected chi connectivity index (χ1v) is 20.9. The second-order valence-corrected chi connectivity index (χ2v) is 15.6. The lowest BCUT2D eigenvalue weighted by Crippen LogP contribution is -2.33. The summed E-state index contributed by atoms with van der Waals surface area (Å²) in [5, 5.41) is 4.98. The Balaban J connectivity index is 1.18. The van der Waals surface area contributed by atoms with Gasteiger partial charge >= 0.3 is 0 Å². The Morgan fingerprint density at radius 2 is 0.967 bits per heavy atom. The van der Waals surface area contributed by atoms with Crippen molar-refractivity contribution >= 4 is 49.5 Å². The lowest BCUT2D eigenvalue weighted by molar-refractivity contribution is 0.805. The van der Waals surface area contributed by atoms with E-state index in [2.05, 4.69) is 246 Å². The van der Waals surface area contributed by atoms with Gasteiger partial charge in [0.05, 0.1) is 22.8 Å². The molecular weight excluding hydrogens is 725 g/mol. The normalized spacial score (nSPS) is 13.8. The van der Waals surface area contributed by atoms with Gasteiger partial charge in [0.25, 0.3) is 0 Å². The van der Waals surface area contributed by atoms with Crippen LogP contribution < -0.4 is 4.90 Å². The van der Waals surface area contributed by atoms with Gasteiger partial charge in [0.1, 0.15) is 0 Å². The Hall–Kier alpha value is -7.68. The van der Waals surface area contributed by atoms with Crippen molar-refractivity contribution in [3.8, 4) is 39.1 Å². The fourth-order valence-electron chi connectivity index (χ4n) is 9.48. The Morgan fingerprint density at radius 1 is 0.417 bits per heavy atom. The molecule has 2 heteroatoms. The lowest BCUT2D eigenvalue weighted by atomic mass is 9.85. The van der Waals surface area contributed by atoms with E-state index in [1.54, 1.807) is 0 Å². The minimum Gasteiger partial charge on any atom is -0.331 e. The van der Waals surface area contributed by atoms with E-state index in [9.17, 15) is 0 Å². The van der Waals surface area contributed by atoms with Gasteiger partial charge < -0.3 is 9.47 Å². The smallest absolute Gasteiger partial charge is 0.0779 e. The SMILES string of the molecule is C1=CCC(N(c2ccccc2-c2ccc(-c3ccccc3)cc2)c2cccc3c4ccccc4n(-c4ccccc4)c23)C(c2cccc3cccc(-c4ccccc4)c23)=C1. The first-order valence-electron chi connectivity index (χ1n) is 20.9. The molecule has 0 saturated carbocycles. The topological polar surface area (TPSA) is 8.17 Å². The summed E-state index contributed by atoms with van der Waals surface area (Å²) in [5.41, 5.74) is 15.7. The quantitative estimate of drug-likeness (QED) is 0.150. The van der Waals surface area contributed by atoms with Crippen molar-refractivity contribution in [2.45, 2.75) is 12.5 Å². The van der Waals surface area contributed by atoms with Crippen molar-refractivity contribution < 1.29 is 0 Å². The summed E-state index contributed by atoms with van der Waals surface area (Å²) < 4.78 is 2.47. The molecule has 11 rings (SSSR count). The van der Waals surface area contributed by atoms with E-state index in [1.165, 1.54) is 77.1 Å². The molecule has 1 unspecified atom stereocenters. The summed E-state index contributed by atoms with van der Waals surface area (Å²) >= 11 is 0. The minimum absolute atomic E-state index is 0.0398. The number of rotatable bonds is 8. The third kappa shape index (κ3) is 6.13. The van der Waals surface area contributed by atoms with Crippen molar-refractivity contribution in [3.05, 3.63) is 242 Å². The molecule has 0 radical (unpaired) electrons. The van der Waals surface area contributed by atoms with Crippen LogP contribution in [0.3, 0.4) is 0 Å². The van der Waals surface area contributed by atoms with Crippen LogP contribution in [0.25, 0.3) is 77.2 Å². The number of allylic oxidation sites excluding steroid dienone is 2. The van der Waals surface area contributed by atoms with Crippen molar-refractivity contribution in [2.24, 2.45) is 0 Å². The summed E-state index contributed by atoms with van der Waals surface area (Å²) in [6.45, 7) is 0. The van der Waals surface area contributed by atoms with Crippen molar-refractivity contribution in [1.29, 1.82) is 0 Å². The van der Waals surface area contributed by atoms with Gasteiger partial charge in [-0.1, -0.05) is 206 Å². The highest BCUT2D eigenvalue weighted by atomic mass is 15.2. The van der Waals surface area contributed by atoms with E-state index in [0.29, 0.717) is 0 Å². The Labute approximate surface area is 351 Å². The zero-order chi connectivity index (χ0) is 39.8. The number of nitrogens with zero attached hydrogens (tertiary/aromatic N) is 2. The van der Waals surface area contributed by atoms with Crippen LogP contribution in [0.15, 0.2) is 237 Å². The van der Waals surface area contributed by atoms with Gasteiger partial charge in [-0.2, -0.15) is 0 Å². The predicted molar refractivity (Wildman–Crippen MR) is 255 cm³/mol. The minimum atomic E-state index is -0.0398. The molecule has 1 atom stereocenters.